The largest absolute Gasteiger partial charge is 0.480 e. The number of aliphatic carboxylic acids is 1. The van der Waals surface area contributed by atoms with Gasteiger partial charge < -0.3 is 10.0 Å². The molecule has 2 atom stereocenters. The van der Waals surface area contributed by atoms with Gasteiger partial charge in [-0.1, -0.05) is 30.3 Å². The molecule has 0 aliphatic rings. The van der Waals surface area contributed by atoms with Gasteiger partial charge in [0.2, 0.25) is 5.91 Å². The molecule has 0 radical (unpaired) electrons. The van der Waals surface area contributed by atoms with Crippen LogP contribution in [0.2, 0.25) is 0 Å². The van der Waals surface area contributed by atoms with Crippen LogP contribution in [-0.4, -0.2) is 50.2 Å². The Labute approximate surface area is 127 Å². The molecule has 0 heterocycles. The Morgan fingerprint density at radius 1 is 1.24 bits per heavy atom. The van der Waals surface area contributed by atoms with Crippen LogP contribution in [0, 0.1) is 0 Å². The Morgan fingerprint density at radius 3 is 2.29 bits per heavy atom. The van der Waals surface area contributed by atoms with Crippen molar-refractivity contribution in [2.75, 3.05) is 12.8 Å². The molecule has 0 fully saturated rings. The second kappa shape index (κ2) is 7.93. The first kappa shape index (κ1) is 17.4. The lowest BCUT2D eigenvalue weighted by Gasteiger charge is -2.22. The first-order valence-corrected chi connectivity index (χ1v) is 8.10. The van der Waals surface area contributed by atoms with Crippen LogP contribution in [-0.2, 0) is 26.8 Å². The average molecular weight is 311 g/mol. The summed E-state index contributed by atoms with van der Waals surface area (Å²) >= 11 is 0. The van der Waals surface area contributed by atoms with Crippen molar-refractivity contribution in [3.05, 3.63) is 35.9 Å². The zero-order valence-electron chi connectivity index (χ0n) is 12.5. The van der Waals surface area contributed by atoms with E-state index in [1.165, 1.54) is 4.90 Å². The Hall–Kier alpha value is -1.69. The van der Waals surface area contributed by atoms with Gasteiger partial charge in [0.15, 0.2) is 0 Å². The van der Waals surface area contributed by atoms with Crippen molar-refractivity contribution >= 4 is 22.7 Å². The maximum Gasteiger partial charge on any atom is 0.319 e. The molecule has 6 heteroatoms. The SMILES string of the molecule is CC(C)N(C)C(=O)CS(=O)C(Cc1ccccc1)C(=O)O. The van der Waals surface area contributed by atoms with Gasteiger partial charge >= 0.3 is 5.97 Å². The van der Waals surface area contributed by atoms with Gasteiger partial charge in [0.05, 0.1) is 0 Å². The van der Waals surface area contributed by atoms with E-state index >= 15 is 0 Å². The van der Waals surface area contributed by atoms with E-state index in [1.807, 2.05) is 19.9 Å². The second-order valence-corrected chi connectivity index (χ2v) is 6.76. The summed E-state index contributed by atoms with van der Waals surface area (Å²) in [7, 11) is -0.124. The maximum atomic E-state index is 12.2. The molecule has 0 aromatic heterocycles. The standard InChI is InChI=1S/C15H21NO4S/c1-11(2)16(3)14(17)10-21(20)13(15(18)19)9-12-7-5-4-6-8-12/h4-8,11,13H,9-10H2,1-3H3,(H,18,19). The molecule has 116 valence electrons. The minimum Gasteiger partial charge on any atom is -0.480 e. The van der Waals surface area contributed by atoms with E-state index in [9.17, 15) is 18.9 Å². The lowest BCUT2D eigenvalue weighted by molar-refractivity contribution is -0.136. The van der Waals surface area contributed by atoms with Crippen LogP contribution in [0.15, 0.2) is 30.3 Å². The summed E-state index contributed by atoms with van der Waals surface area (Å²) < 4.78 is 12.2. The highest BCUT2D eigenvalue weighted by Gasteiger charge is 2.28. The van der Waals surface area contributed by atoms with Gasteiger partial charge in [0.25, 0.3) is 0 Å². The number of benzene rings is 1. The van der Waals surface area contributed by atoms with Crippen molar-refractivity contribution < 1.29 is 18.9 Å². The highest BCUT2D eigenvalue weighted by molar-refractivity contribution is 7.87. The third-order valence-corrected chi connectivity index (χ3v) is 4.82. The number of carbonyl (C=O) groups is 2. The van der Waals surface area contributed by atoms with E-state index < -0.39 is 22.0 Å². The average Bonchev–Trinajstić information content (AvgIpc) is 2.44. The molecule has 0 saturated heterocycles. The van der Waals surface area contributed by atoms with Gasteiger partial charge in [0, 0.05) is 23.9 Å². The first-order valence-electron chi connectivity index (χ1n) is 6.72. The predicted octanol–water partition coefficient (Wildman–Crippen LogP) is 1.30. The van der Waals surface area contributed by atoms with Crippen LogP contribution in [0.25, 0.3) is 0 Å². The molecule has 1 rings (SSSR count). The molecular formula is C15H21NO4S. The zero-order valence-corrected chi connectivity index (χ0v) is 13.3. The highest BCUT2D eigenvalue weighted by Crippen LogP contribution is 2.10. The quantitative estimate of drug-likeness (QED) is 0.823. The molecule has 0 spiro atoms. The van der Waals surface area contributed by atoms with Crippen LogP contribution in [0.3, 0.4) is 0 Å². The number of rotatable bonds is 7. The van der Waals surface area contributed by atoms with Crippen LogP contribution >= 0.6 is 0 Å². The molecule has 2 unspecified atom stereocenters. The highest BCUT2D eigenvalue weighted by atomic mass is 32.2. The van der Waals surface area contributed by atoms with E-state index in [2.05, 4.69) is 0 Å². The Balaban J connectivity index is 2.75. The van der Waals surface area contributed by atoms with Gasteiger partial charge in [-0.05, 0) is 25.8 Å². The molecule has 0 bridgehead atoms. The lowest BCUT2D eigenvalue weighted by atomic mass is 10.1. The fourth-order valence-electron chi connectivity index (χ4n) is 1.73. The summed E-state index contributed by atoms with van der Waals surface area (Å²) in [5, 5.41) is 8.18. The summed E-state index contributed by atoms with van der Waals surface area (Å²) in [6.45, 7) is 3.69. The summed E-state index contributed by atoms with van der Waals surface area (Å²) in [5.74, 6) is -1.71. The van der Waals surface area contributed by atoms with Crippen molar-refractivity contribution in [1.29, 1.82) is 0 Å². The van der Waals surface area contributed by atoms with Gasteiger partial charge in [-0.3, -0.25) is 13.8 Å². The molecule has 1 aromatic rings. The Kier molecular flexibility index (Phi) is 6.55. The number of carbonyl (C=O) groups excluding carboxylic acids is 1. The monoisotopic (exact) mass is 311 g/mol. The second-order valence-electron chi connectivity index (χ2n) is 5.14. The molecule has 21 heavy (non-hydrogen) atoms. The third-order valence-electron chi connectivity index (χ3n) is 3.29. The van der Waals surface area contributed by atoms with E-state index in [1.54, 1.807) is 31.3 Å². The van der Waals surface area contributed by atoms with Crippen molar-refractivity contribution in [3.8, 4) is 0 Å². The van der Waals surface area contributed by atoms with Gasteiger partial charge in [0.1, 0.15) is 11.0 Å². The van der Waals surface area contributed by atoms with Crippen molar-refractivity contribution in [1.82, 2.24) is 4.90 Å². The summed E-state index contributed by atoms with van der Waals surface area (Å²) in [5.41, 5.74) is 0.794. The first-order chi connectivity index (χ1) is 9.82. The van der Waals surface area contributed by atoms with Gasteiger partial charge in [-0.25, -0.2) is 0 Å². The molecule has 0 aliphatic heterocycles. The lowest BCUT2D eigenvalue weighted by Crippen LogP contribution is -2.39. The number of carboxylic acid groups (broad SMARTS) is 1. The molecule has 0 aliphatic carbocycles. The van der Waals surface area contributed by atoms with Crippen molar-refractivity contribution in [3.63, 3.8) is 0 Å². The maximum absolute atomic E-state index is 12.2. The van der Waals surface area contributed by atoms with Crippen LogP contribution < -0.4 is 0 Å². The fourth-order valence-corrected chi connectivity index (χ4v) is 2.98. The molecule has 5 nitrogen and oxygen atoms in total. The molecule has 1 amide bonds. The Bertz CT molecular complexity index is 516. The van der Waals surface area contributed by atoms with E-state index in [0.717, 1.165) is 5.56 Å². The van der Waals surface area contributed by atoms with Crippen molar-refractivity contribution in [2.45, 2.75) is 31.6 Å². The number of carboxylic acids is 1. The van der Waals surface area contributed by atoms with Gasteiger partial charge in [-0.2, -0.15) is 0 Å². The molecule has 0 saturated carbocycles. The van der Waals surface area contributed by atoms with Crippen LogP contribution in [0.1, 0.15) is 19.4 Å². The minimum absolute atomic E-state index is 0.00750. The van der Waals surface area contributed by atoms with Crippen molar-refractivity contribution in [2.24, 2.45) is 0 Å². The zero-order chi connectivity index (χ0) is 16.0. The van der Waals surface area contributed by atoms with Gasteiger partial charge in [-0.15, -0.1) is 0 Å². The number of amides is 1. The molecular weight excluding hydrogens is 290 g/mol. The smallest absolute Gasteiger partial charge is 0.319 e. The number of nitrogens with zero attached hydrogens (tertiary/aromatic N) is 1. The van der Waals surface area contributed by atoms with Crippen LogP contribution in [0.4, 0.5) is 0 Å². The Morgan fingerprint density at radius 2 is 1.81 bits per heavy atom. The molecule has 1 N–H and O–H groups in total. The summed E-state index contributed by atoms with van der Waals surface area (Å²) in [6.07, 6.45) is 0.154. The number of hydrogen-bond donors (Lipinski definition) is 1. The van der Waals surface area contributed by atoms with E-state index in [-0.39, 0.29) is 24.1 Å². The normalized spacial score (nSPS) is 13.7. The molecule has 1 aromatic carbocycles. The summed E-state index contributed by atoms with van der Waals surface area (Å²) in [4.78, 5) is 24.7. The number of hydrogen-bond acceptors (Lipinski definition) is 3. The summed E-state index contributed by atoms with van der Waals surface area (Å²) in [6, 6.07) is 9.00. The van der Waals surface area contributed by atoms with Crippen LogP contribution in [0.5, 0.6) is 0 Å². The topological polar surface area (TPSA) is 74.7 Å². The predicted molar refractivity (Wildman–Crippen MR) is 82.5 cm³/mol. The third kappa shape index (κ3) is 5.30. The minimum atomic E-state index is -1.75. The fraction of sp³-hybridized carbons (Fsp3) is 0.467. The van der Waals surface area contributed by atoms with E-state index in [0.29, 0.717) is 0 Å². The van der Waals surface area contributed by atoms with E-state index in [4.69, 9.17) is 0 Å².